The van der Waals surface area contributed by atoms with Gasteiger partial charge in [0.1, 0.15) is 12.4 Å². The number of nitrogens with zero attached hydrogens (tertiary/aromatic N) is 1. The Balaban J connectivity index is 1.80. The van der Waals surface area contributed by atoms with E-state index >= 15 is 0 Å². The smallest absolute Gasteiger partial charge is 0.254 e. The zero-order valence-corrected chi connectivity index (χ0v) is 13.5. The number of amides is 1. The van der Waals surface area contributed by atoms with Crippen LogP contribution < -0.4 is 15.6 Å². The van der Waals surface area contributed by atoms with Gasteiger partial charge in [0, 0.05) is 24.2 Å². The Kier molecular flexibility index (Phi) is 6.51. The molecule has 0 aliphatic carbocycles. The quantitative estimate of drug-likeness (QED) is 0.660. The van der Waals surface area contributed by atoms with Gasteiger partial charge in [0.2, 0.25) is 5.91 Å². The van der Waals surface area contributed by atoms with Crippen molar-refractivity contribution in [2.45, 2.75) is 26.3 Å². The highest BCUT2D eigenvalue weighted by Gasteiger charge is 2.08. The Labute approximate surface area is 139 Å². The van der Waals surface area contributed by atoms with Gasteiger partial charge in [-0.2, -0.15) is 0 Å². The third-order valence-electron chi connectivity index (χ3n) is 3.54. The minimum absolute atomic E-state index is 0.0307. The predicted octanol–water partition coefficient (Wildman–Crippen LogP) is 0.698. The second-order valence-electron chi connectivity index (χ2n) is 5.29. The highest BCUT2D eigenvalue weighted by Crippen LogP contribution is 2.12. The standard InChI is InChI=1S/C17H21N3O4/c1-12-15(17(23)20-11-19-12)6-7-16(22)18-10-13-2-4-14(5-3-13)24-9-8-21/h2-5,11,21H,6-10H2,1H3,(H,18,22)(H,19,20,23). The Hall–Kier alpha value is -2.67. The third-order valence-corrected chi connectivity index (χ3v) is 3.54. The number of aromatic amines is 1. The molecular weight excluding hydrogens is 310 g/mol. The number of aliphatic hydroxyl groups excluding tert-OH is 1. The van der Waals surface area contributed by atoms with Gasteiger partial charge in [-0.25, -0.2) is 4.98 Å². The largest absolute Gasteiger partial charge is 0.491 e. The van der Waals surface area contributed by atoms with Crippen LogP contribution in [0.2, 0.25) is 0 Å². The molecule has 1 aromatic heterocycles. The summed E-state index contributed by atoms with van der Waals surface area (Å²) in [6.45, 7) is 2.38. The molecule has 0 aliphatic rings. The highest BCUT2D eigenvalue weighted by molar-refractivity contribution is 5.76. The molecule has 0 aliphatic heterocycles. The Morgan fingerprint density at radius 2 is 2.08 bits per heavy atom. The number of hydrogen-bond acceptors (Lipinski definition) is 5. The first-order chi connectivity index (χ1) is 11.6. The maximum atomic E-state index is 11.9. The van der Waals surface area contributed by atoms with E-state index in [2.05, 4.69) is 15.3 Å². The van der Waals surface area contributed by atoms with Crippen molar-refractivity contribution in [3.8, 4) is 5.75 Å². The first-order valence-corrected chi connectivity index (χ1v) is 7.72. The van der Waals surface area contributed by atoms with Gasteiger partial charge < -0.3 is 20.1 Å². The SMILES string of the molecule is Cc1nc[nH]c(=O)c1CCC(=O)NCc1ccc(OCCO)cc1. The molecule has 0 atom stereocenters. The van der Waals surface area contributed by atoms with E-state index in [0.717, 1.165) is 5.56 Å². The Bertz CT molecular complexity index is 725. The summed E-state index contributed by atoms with van der Waals surface area (Å²) < 4.78 is 5.27. The first-order valence-electron chi connectivity index (χ1n) is 7.72. The van der Waals surface area contributed by atoms with Crippen LogP contribution in [0.15, 0.2) is 35.4 Å². The third kappa shape index (κ3) is 5.20. The number of aryl methyl sites for hydroxylation is 1. The molecule has 1 amide bonds. The summed E-state index contributed by atoms with van der Waals surface area (Å²) in [6, 6.07) is 7.28. The van der Waals surface area contributed by atoms with Crippen LogP contribution in [0.1, 0.15) is 23.2 Å². The lowest BCUT2D eigenvalue weighted by Crippen LogP contribution is -2.24. The molecule has 0 fully saturated rings. The van der Waals surface area contributed by atoms with Crippen molar-refractivity contribution in [1.29, 1.82) is 0 Å². The summed E-state index contributed by atoms with van der Waals surface area (Å²) in [7, 11) is 0. The molecule has 1 aromatic carbocycles. The van der Waals surface area contributed by atoms with Crippen LogP contribution in [0.4, 0.5) is 0 Å². The number of ether oxygens (including phenoxy) is 1. The van der Waals surface area contributed by atoms with Gasteiger partial charge in [-0.1, -0.05) is 12.1 Å². The molecule has 24 heavy (non-hydrogen) atoms. The van der Waals surface area contributed by atoms with Crippen LogP contribution >= 0.6 is 0 Å². The average molecular weight is 331 g/mol. The second-order valence-corrected chi connectivity index (χ2v) is 5.29. The van der Waals surface area contributed by atoms with Crippen molar-refractivity contribution in [1.82, 2.24) is 15.3 Å². The first kappa shape index (κ1) is 17.7. The van der Waals surface area contributed by atoms with E-state index in [1.165, 1.54) is 6.33 Å². The molecule has 0 radical (unpaired) electrons. The van der Waals surface area contributed by atoms with Crippen LogP contribution in [0.25, 0.3) is 0 Å². The number of rotatable bonds is 8. The molecule has 0 unspecified atom stereocenters. The van der Waals surface area contributed by atoms with Crippen molar-refractivity contribution < 1.29 is 14.6 Å². The maximum absolute atomic E-state index is 11.9. The number of carbonyl (C=O) groups is 1. The van der Waals surface area contributed by atoms with Crippen molar-refractivity contribution in [2.75, 3.05) is 13.2 Å². The number of aromatic nitrogens is 2. The normalized spacial score (nSPS) is 10.4. The number of carbonyl (C=O) groups excluding carboxylic acids is 1. The van der Waals surface area contributed by atoms with Gasteiger partial charge in [0.25, 0.3) is 5.56 Å². The molecule has 128 valence electrons. The Morgan fingerprint density at radius 3 is 2.75 bits per heavy atom. The summed E-state index contributed by atoms with van der Waals surface area (Å²) in [5.74, 6) is 0.545. The van der Waals surface area contributed by atoms with Crippen molar-refractivity contribution in [3.05, 3.63) is 57.8 Å². The van der Waals surface area contributed by atoms with Gasteiger partial charge in [-0.15, -0.1) is 0 Å². The molecule has 0 spiro atoms. The average Bonchev–Trinajstić information content (AvgIpc) is 2.58. The van der Waals surface area contributed by atoms with Gasteiger partial charge in [0.15, 0.2) is 0 Å². The minimum Gasteiger partial charge on any atom is -0.491 e. The molecule has 2 rings (SSSR count). The van der Waals surface area contributed by atoms with Crippen LogP contribution in [0.5, 0.6) is 5.75 Å². The van der Waals surface area contributed by atoms with Crippen molar-refractivity contribution in [3.63, 3.8) is 0 Å². The number of aliphatic hydroxyl groups is 1. The summed E-state index contributed by atoms with van der Waals surface area (Å²) >= 11 is 0. The van der Waals surface area contributed by atoms with E-state index < -0.39 is 0 Å². The van der Waals surface area contributed by atoms with Crippen LogP contribution in [0, 0.1) is 6.92 Å². The number of benzene rings is 1. The van der Waals surface area contributed by atoms with Gasteiger partial charge >= 0.3 is 0 Å². The minimum atomic E-state index is -0.200. The number of hydrogen-bond donors (Lipinski definition) is 3. The van der Waals surface area contributed by atoms with E-state index in [9.17, 15) is 9.59 Å². The molecular formula is C17H21N3O4. The fourth-order valence-corrected chi connectivity index (χ4v) is 2.21. The van der Waals surface area contributed by atoms with Crippen LogP contribution in [-0.4, -0.2) is 34.2 Å². The number of nitrogens with one attached hydrogen (secondary N) is 2. The molecule has 0 saturated carbocycles. The van der Waals surface area contributed by atoms with E-state index in [4.69, 9.17) is 9.84 Å². The fourth-order valence-electron chi connectivity index (χ4n) is 2.21. The summed E-state index contributed by atoms with van der Waals surface area (Å²) in [5, 5.41) is 11.5. The van der Waals surface area contributed by atoms with Gasteiger partial charge in [-0.05, 0) is 31.0 Å². The monoisotopic (exact) mass is 331 g/mol. The lowest BCUT2D eigenvalue weighted by Gasteiger charge is -2.08. The van der Waals surface area contributed by atoms with Crippen LogP contribution in [0.3, 0.4) is 0 Å². The van der Waals surface area contributed by atoms with E-state index in [1.54, 1.807) is 19.1 Å². The predicted molar refractivity (Wildman–Crippen MR) is 88.8 cm³/mol. The van der Waals surface area contributed by atoms with E-state index in [1.807, 2.05) is 12.1 Å². The molecule has 0 bridgehead atoms. The molecule has 7 heteroatoms. The summed E-state index contributed by atoms with van der Waals surface area (Å²) in [4.78, 5) is 30.2. The summed E-state index contributed by atoms with van der Waals surface area (Å²) in [5.41, 5.74) is 1.92. The fraction of sp³-hybridized carbons (Fsp3) is 0.353. The topological polar surface area (TPSA) is 104 Å². The zero-order chi connectivity index (χ0) is 17.4. The maximum Gasteiger partial charge on any atom is 0.254 e. The Morgan fingerprint density at radius 1 is 1.33 bits per heavy atom. The van der Waals surface area contributed by atoms with Crippen molar-refractivity contribution >= 4 is 5.91 Å². The lowest BCUT2D eigenvalue weighted by molar-refractivity contribution is -0.121. The van der Waals surface area contributed by atoms with Gasteiger partial charge in [0.05, 0.1) is 12.9 Å². The lowest BCUT2D eigenvalue weighted by atomic mass is 10.1. The molecule has 3 N–H and O–H groups in total. The van der Waals surface area contributed by atoms with E-state index in [-0.39, 0.29) is 31.1 Å². The zero-order valence-electron chi connectivity index (χ0n) is 13.5. The summed E-state index contributed by atoms with van der Waals surface area (Å²) in [6.07, 6.45) is 1.94. The molecule has 2 aromatic rings. The van der Waals surface area contributed by atoms with Gasteiger partial charge in [-0.3, -0.25) is 9.59 Å². The molecule has 0 saturated heterocycles. The molecule has 7 nitrogen and oxygen atoms in total. The van der Waals surface area contributed by atoms with Crippen molar-refractivity contribution in [2.24, 2.45) is 0 Å². The molecule has 1 heterocycles. The number of H-pyrrole nitrogens is 1. The second kappa shape index (κ2) is 8.83. The highest BCUT2D eigenvalue weighted by atomic mass is 16.5. The van der Waals surface area contributed by atoms with Crippen LogP contribution in [-0.2, 0) is 17.8 Å². The van der Waals surface area contributed by atoms with E-state index in [0.29, 0.717) is 30.0 Å².